The van der Waals surface area contributed by atoms with Crippen LogP contribution in [-0.4, -0.2) is 59.7 Å². The van der Waals surface area contributed by atoms with Crippen LogP contribution in [0.1, 0.15) is 19.8 Å². The summed E-state index contributed by atoms with van der Waals surface area (Å²) in [7, 11) is 0. The maximum atomic E-state index is 12.9. The van der Waals surface area contributed by atoms with Gasteiger partial charge in [-0.15, -0.1) is 0 Å². The normalized spacial score (nSPS) is 18.6. The van der Waals surface area contributed by atoms with Crippen LogP contribution in [-0.2, 0) is 4.79 Å². The maximum Gasteiger partial charge on any atom is 0.414 e. The number of carbonyl (C=O) groups excluding carboxylic acids is 1. The lowest BCUT2D eigenvalue weighted by atomic mass is 10.0. The Kier molecular flexibility index (Phi) is 6.69. The molecule has 1 atom stereocenters. The maximum absolute atomic E-state index is 12.9. The fraction of sp³-hybridized carbons (Fsp3) is 0.667. The summed E-state index contributed by atoms with van der Waals surface area (Å²) in [5, 5.41) is 0. The molecule has 11 heteroatoms. The predicted octanol–water partition coefficient (Wildman–Crippen LogP) is 4.13. The van der Waals surface area contributed by atoms with Crippen molar-refractivity contribution in [2.75, 3.05) is 19.6 Å². The lowest BCUT2D eigenvalue weighted by Crippen LogP contribution is -2.58. The number of amides is 1. The van der Waals surface area contributed by atoms with Gasteiger partial charge in [0.15, 0.2) is 0 Å². The molecule has 3 nitrogen and oxygen atoms in total. The van der Waals surface area contributed by atoms with E-state index in [0.717, 1.165) is 11.1 Å². The molecule has 1 fully saturated rings. The zero-order chi connectivity index (χ0) is 20.3. The van der Waals surface area contributed by atoms with E-state index in [1.54, 1.807) is 0 Å². The number of halogens is 8. The third-order valence-electron chi connectivity index (χ3n) is 3.64. The summed E-state index contributed by atoms with van der Waals surface area (Å²) in [6.07, 6.45) is -10.1. The van der Waals surface area contributed by atoms with Crippen molar-refractivity contribution in [3.8, 4) is 0 Å². The average molecular weight is 394 g/mol. The fourth-order valence-corrected chi connectivity index (χ4v) is 2.37. The molecule has 0 bridgehead atoms. The second kappa shape index (κ2) is 7.83. The van der Waals surface area contributed by atoms with Crippen molar-refractivity contribution in [3.63, 3.8) is 0 Å². The molecule has 1 aliphatic rings. The van der Waals surface area contributed by atoms with Crippen LogP contribution in [0.15, 0.2) is 24.4 Å². The zero-order valence-corrected chi connectivity index (χ0v) is 13.8. The number of rotatable bonds is 7. The summed E-state index contributed by atoms with van der Waals surface area (Å²) in [5.41, 5.74) is -1.60. The standard InChI is InChI=1S/C15H18F8N2O/c1-3-5-24(6-4-12(26)25-8-13(16,17)9-25)11(7-14(18,19)20)10(2)15(21,22)23/h4,6,11H,2-3,5,7-9H2,1H3/b6-4-. The van der Waals surface area contributed by atoms with Crippen molar-refractivity contribution in [1.29, 1.82) is 0 Å². The second-order valence-electron chi connectivity index (χ2n) is 5.96. The van der Waals surface area contributed by atoms with Gasteiger partial charge in [0.05, 0.1) is 25.6 Å². The second-order valence-corrected chi connectivity index (χ2v) is 5.96. The Balaban J connectivity index is 2.98. The van der Waals surface area contributed by atoms with Gasteiger partial charge in [-0.05, 0) is 6.42 Å². The summed E-state index contributed by atoms with van der Waals surface area (Å²) in [5.74, 6) is -3.95. The zero-order valence-electron chi connectivity index (χ0n) is 13.8. The molecule has 0 N–H and O–H groups in total. The minimum Gasteiger partial charge on any atom is -0.370 e. The molecule has 0 radical (unpaired) electrons. The molecule has 0 saturated carbocycles. The summed E-state index contributed by atoms with van der Waals surface area (Å²) in [6.45, 7) is 2.36. The van der Waals surface area contributed by atoms with E-state index in [-0.39, 0.29) is 13.0 Å². The Morgan fingerprint density at radius 1 is 1.23 bits per heavy atom. The van der Waals surface area contributed by atoms with Crippen LogP contribution in [0.4, 0.5) is 35.1 Å². The topological polar surface area (TPSA) is 23.6 Å². The molecule has 0 aromatic carbocycles. The van der Waals surface area contributed by atoms with Gasteiger partial charge in [-0.3, -0.25) is 4.79 Å². The van der Waals surface area contributed by atoms with Gasteiger partial charge in [-0.25, -0.2) is 8.78 Å². The molecule has 0 aliphatic carbocycles. The number of hydrogen-bond acceptors (Lipinski definition) is 2. The number of carbonyl (C=O) groups is 1. The molecule has 1 heterocycles. The minimum absolute atomic E-state index is 0.194. The van der Waals surface area contributed by atoms with Crippen molar-refractivity contribution in [1.82, 2.24) is 9.80 Å². The molecule has 1 rings (SSSR count). The van der Waals surface area contributed by atoms with Crippen LogP contribution in [0.2, 0.25) is 0 Å². The number of likely N-dealkylation sites (tertiary alicyclic amines) is 1. The molecular weight excluding hydrogens is 376 g/mol. The first kappa shape index (κ1) is 22.2. The highest BCUT2D eigenvalue weighted by Gasteiger charge is 2.46. The van der Waals surface area contributed by atoms with Gasteiger partial charge >= 0.3 is 12.4 Å². The molecular formula is C15H18F8N2O. The first-order chi connectivity index (χ1) is 11.7. The lowest BCUT2D eigenvalue weighted by molar-refractivity contribution is -0.161. The van der Waals surface area contributed by atoms with E-state index < -0.39 is 55.3 Å². The van der Waals surface area contributed by atoms with Crippen LogP contribution >= 0.6 is 0 Å². The third-order valence-corrected chi connectivity index (χ3v) is 3.64. The van der Waals surface area contributed by atoms with Crippen molar-refractivity contribution in [2.24, 2.45) is 0 Å². The average Bonchev–Trinajstić information content (AvgIpc) is 2.43. The molecule has 1 unspecified atom stereocenters. The predicted molar refractivity (Wildman–Crippen MR) is 77.3 cm³/mol. The molecule has 0 aromatic rings. The Morgan fingerprint density at radius 3 is 2.15 bits per heavy atom. The third kappa shape index (κ3) is 6.49. The Labute approximate surface area is 144 Å². The van der Waals surface area contributed by atoms with Crippen molar-refractivity contribution >= 4 is 5.91 Å². The van der Waals surface area contributed by atoms with Crippen molar-refractivity contribution in [2.45, 2.75) is 44.1 Å². The Hall–Kier alpha value is -1.81. The van der Waals surface area contributed by atoms with Gasteiger partial charge in [0.1, 0.15) is 0 Å². The molecule has 1 amide bonds. The van der Waals surface area contributed by atoms with E-state index in [1.807, 2.05) is 0 Å². The van der Waals surface area contributed by atoms with Gasteiger partial charge in [-0.1, -0.05) is 13.5 Å². The molecule has 150 valence electrons. The van der Waals surface area contributed by atoms with Gasteiger partial charge in [-0.2, -0.15) is 26.3 Å². The fourth-order valence-electron chi connectivity index (χ4n) is 2.37. The van der Waals surface area contributed by atoms with Crippen LogP contribution < -0.4 is 0 Å². The molecule has 1 saturated heterocycles. The van der Waals surface area contributed by atoms with E-state index in [2.05, 4.69) is 6.58 Å². The number of alkyl halides is 8. The summed E-state index contributed by atoms with van der Waals surface area (Å²) < 4.78 is 102. The lowest BCUT2D eigenvalue weighted by Gasteiger charge is -2.38. The number of hydrogen-bond donors (Lipinski definition) is 0. The summed E-state index contributed by atoms with van der Waals surface area (Å²) >= 11 is 0. The van der Waals surface area contributed by atoms with Crippen LogP contribution in [0.5, 0.6) is 0 Å². The highest BCUT2D eigenvalue weighted by atomic mass is 19.4. The minimum atomic E-state index is -5.06. The van der Waals surface area contributed by atoms with Gasteiger partial charge < -0.3 is 9.80 Å². The SMILES string of the molecule is C=C(C(CC(F)(F)F)N(/C=C\C(=O)N1CC(F)(F)C1)CCC)C(F)(F)F. The van der Waals surface area contributed by atoms with Gasteiger partial charge in [0, 0.05) is 24.4 Å². The van der Waals surface area contributed by atoms with E-state index in [9.17, 15) is 39.9 Å². The Morgan fingerprint density at radius 2 is 1.77 bits per heavy atom. The van der Waals surface area contributed by atoms with Crippen LogP contribution in [0, 0.1) is 0 Å². The van der Waals surface area contributed by atoms with E-state index in [1.165, 1.54) is 6.92 Å². The Bertz CT molecular complexity index is 545. The summed E-state index contributed by atoms with van der Waals surface area (Å²) in [4.78, 5) is 13.2. The van der Waals surface area contributed by atoms with Gasteiger partial charge in [0.2, 0.25) is 5.91 Å². The van der Waals surface area contributed by atoms with Crippen LogP contribution in [0.25, 0.3) is 0 Å². The first-order valence-electron chi connectivity index (χ1n) is 7.59. The van der Waals surface area contributed by atoms with E-state index in [0.29, 0.717) is 11.0 Å². The largest absolute Gasteiger partial charge is 0.414 e. The first-order valence-corrected chi connectivity index (χ1v) is 7.59. The van der Waals surface area contributed by atoms with Gasteiger partial charge in [0.25, 0.3) is 5.92 Å². The molecule has 0 spiro atoms. The van der Waals surface area contributed by atoms with E-state index >= 15 is 0 Å². The van der Waals surface area contributed by atoms with Crippen LogP contribution in [0.3, 0.4) is 0 Å². The summed E-state index contributed by atoms with van der Waals surface area (Å²) in [6, 6.07) is -2.16. The highest BCUT2D eigenvalue weighted by molar-refractivity contribution is 5.88. The van der Waals surface area contributed by atoms with E-state index in [4.69, 9.17) is 0 Å². The molecule has 1 aliphatic heterocycles. The number of nitrogens with zero attached hydrogens (tertiary/aromatic N) is 2. The monoisotopic (exact) mass is 394 g/mol. The quantitative estimate of drug-likeness (QED) is 0.368. The van der Waals surface area contributed by atoms with Crippen molar-refractivity contribution < 1.29 is 39.9 Å². The molecule has 0 aromatic heterocycles. The van der Waals surface area contributed by atoms with Crippen molar-refractivity contribution in [3.05, 3.63) is 24.4 Å². The molecule has 26 heavy (non-hydrogen) atoms. The highest BCUT2D eigenvalue weighted by Crippen LogP contribution is 2.35. The smallest absolute Gasteiger partial charge is 0.370 e.